The highest BCUT2D eigenvalue weighted by molar-refractivity contribution is 7.99. The van der Waals surface area contributed by atoms with Gasteiger partial charge in [-0.15, -0.1) is 35.8 Å². The molecule has 0 aliphatic rings. The fourth-order valence-electron chi connectivity index (χ4n) is 1.99. The Hall–Kier alpha value is -0.770. The number of rotatable bonds is 5. The summed E-state index contributed by atoms with van der Waals surface area (Å²) in [5, 5.41) is 0.317. The molecule has 0 aromatic carbocycles. The number of aromatic nitrogens is 2. The average Bonchev–Trinajstić information content (AvgIpc) is 2.47. The lowest BCUT2D eigenvalue weighted by molar-refractivity contribution is 0.967. The quantitative estimate of drug-likeness (QED) is 0.567. The van der Waals surface area contributed by atoms with Crippen molar-refractivity contribution < 1.29 is 0 Å². The Morgan fingerprint density at radius 2 is 2.00 bits per heavy atom. The van der Waals surface area contributed by atoms with E-state index in [1.165, 1.54) is 10.5 Å². The van der Waals surface area contributed by atoms with E-state index in [2.05, 4.69) is 35.9 Å². The first kappa shape index (κ1) is 17.3. The summed E-state index contributed by atoms with van der Waals surface area (Å²) in [6.07, 6.45) is 4.63. The zero-order valence-corrected chi connectivity index (χ0v) is 13.9. The van der Waals surface area contributed by atoms with Gasteiger partial charge in [-0.2, -0.15) is 0 Å². The second-order valence-corrected chi connectivity index (χ2v) is 5.89. The Kier molecular flexibility index (Phi) is 7.35. The van der Waals surface area contributed by atoms with Crippen LogP contribution in [0.4, 0.5) is 0 Å². The van der Waals surface area contributed by atoms with E-state index in [0.29, 0.717) is 11.1 Å². The van der Waals surface area contributed by atoms with Crippen molar-refractivity contribution in [3.63, 3.8) is 0 Å². The summed E-state index contributed by atoms with van der Waals surface area (Å²) in [7, 11) is 0. The molecule has 2 rings (SSSR count). The SMILES string of the molecule is CCc1c(SC(C)c2ccccn2)ccnc1CCl.Cl. The monoisotopic (exact) mass is 328 g/mol. The molecule has 0 bridgehead atoms. The van der Waals surface area contributed by atoms with Crippen molar-refractivity contribution in [3.05, 3.63) is 53.6 Å². The van der Waals surface area contributed by atoms with E-state index in [0.717, 1.165) is 17.8 Å². The van der Waals surface area contributed by atoms with Gasteiger partial charge in [0, 0.05) is 22.5 Å². The van der Waals surface area contributed by atoms with E-state index in [-0.39, 0.29) is 12.4 Å². The molecule has 1 atom stereocenters. The Balaban J connectivity index is 0.00000200. The molecule has 2 nitrogen and oxygen atoms in total. The first-order valence-corrected chi connectivity index (χ1v) is 7.78. The van der Waals surface area contributed by atoms with Crippen LogP contribution in [0.2, 0.25) is 0 Å². The summed E-state index contributed by atoms with van der Waals surface area (Å²) < 4.78 is 0. The molecule has 2 aromatic rings. The standard InChI is InChI=1S/C15H17ClN2S.ClH/c1-3-12-14(10-16)18-9-7-15(12)19-11(2)13-6-4-5-8-17-13;/h4-9,11H,3,10H2,1-2H3;1H. The number of pyridine rings is 2. The smallest absolute Gasteiger partial charge is 0.0650 e. The molecule has 0 N–H and O–H groups in total. The predicted octanol–water partition coefficient (Wildman–Crippen LogP) is 5.05. The Bertz CT molecular complexity index is 535. The molecular formula is C15H18Cl2N2S. The van der Waals surface area contributed by atoms with Gasteiger partial charge < -0.3 is 0 Å². The van der Waals surface area contributed by atoms with Crippen LogP contribution in [0.5, 0.6) is 0 Å². The van der Waals surface area contributed by atoms with Crippen LogP contribution in [-0.4, -0.2) is 9.97 Å². The van der Waals surface area contributed by atoms with Crippen LogP contribution in [-0.2, 0) is 12.3 Å². The first-order chi connectivity index (χ1) is 9.26. The molecule has 0 radical (unpaired) electrons. The number of alkyl halides is 1. The highest BCUT2D eigenvalue weighted by atomic mass is 35.5. The number of thioether (sulfide) groups is 1. The summed E-state index contributed by atoms with van der Waals surface area (Å²) in [6.45, 7) is 4.32. The van der Waals surface area contributed by atoms with Crippen LogP contribution >= 0.6 is 35.8 Å². The van der Waals surface area contributed by atoms with Gasteiger partial charge in [-0.05, 0) is 37.1 Å². The predicted molar refractivity (Wildman–Crippen MR) is 88.9 cm³/mol. The van der Waals surface area contributed by atoms with Crippen LogP contribution in [0.3, 0.4) is 0 Å². The molecule has 0 aliphatic heterocycles. The van der Waals surface area contributed by atoms with E-state index in [1.807, 2.05) is 36.3 Å². The number of hydrogen-bond acceptors (Lipinski definition) is 3. The van der Waals surface area contributed by atoms with Crippen molar-refractivity contribution in [3.8, 4) is 0 Å². The van der Waals surface area contributed by atoms with Crippen LogP contribution in [0.25, 0.3) is 0 Å². The van der Waals surface area contributed by atoms with Crippen LogP contribution < -0.4 is 0 Å². The van der Waals surface area contributed by atoms with Crippen molar-refractivity contribution in [1.82, 2.24) is 9.97 Å². The normalized spacial score (nSPS) is 11.8. The Morgan fingerprint density at radius 3 is 2.60 bits per heavy atom. The third-order valence-corrected chi connectivity index (χ3v) is 4.47. The lowest BCUT2D eigenvalue weighted by Gasteiger charge is -2.15. The zero-order chi connectivity index (χ0) is 13.7. The molecule has 108 valence electrons. The van der Waals surface area contributed by atoms with Gasteiger partial charge in [-0.25, -0.2) is 0 Å². The summed E-state index contributed by atoms with van der Waals surface area (Å²) in [5.74, 6) is 0.468. The van der Waals surface area contributed by atoms with Gasteiger partial charge in [0.1, 0.15) is 0 Å². The maximum Gasteiger partial charge on any atom is 0.0650 e. The lowest BCUT2D eigenvalue weighted by Crippen LogP contribution is -1.98. The van der Waals surface area contributed by atoms with Crippen molar-refractivity contribution in [1.29, 1.82) is 0 Å². The minimum absolute atomic E-state index is 0. The van der Waals surface area contributed by atoms with Crippen LogP contribution in [0, 0.1) is 0 Å². The summed E-state index contributed by atoms with van der Waals surface area (Å²) >= 11 is 7.77. The molecule has 0 saturated heterocycles. The van der Waals surface area contributed by atoms with Crippen molar-refractivity contribution in [2.45, 2.75) is 36.3 Å². The molecule has 0 aliphatic carbocycles. The summed E-state index contributed by atoms with van der Waals surface area (Å²) in [6, 6.07) is 8.10. The second kappa shape index (κ2) is 8.50. The fourth-order valence-corrected chi connectivity index (χ4v) is 3.40. The lowest BCUT2D eigenvalue weighted by atomic mass is 10.1. The van der Waals surface area contributed by atoms with Crippen molar-refractivity contribution >= 4 is 35.8 Å². The number of hydrogen-bond donors (Lipinski definition) is 0. The third kappa shape index (κ3) is 4.11. The van der Waals surface area contributed by atoms with Gasteiger partial charge in [-0.3, -0.25) is 9.97 Å². The van der Waals surface area contributed by atoms with E-state index in [4.69, 9.17) is 11.6 Å². The zero-order valence-electron chi connectivity index (χ0n) is 11.5. The minimum Gasteiger partial charge on any atom is -0.260 e. The highest BCUT2D eigenvalue weighted by Gasteiger charge is 2.13. The Labute approximate surface area is 135 Å². The molecule has 5 heteroatoms. The maximum absolute atomic E-state index is 5.95. The van der Waals surface area contributed by atoms with Gasteiger partial charge in [0.2, 0.25) is 0 Å². The number of nitrogens with zero attached hydrogens (tertiary/aromatic N) is 2. The molecule has 1 unspecified atom stereocenters. The van der Waals surface area contributed by atoms with Gasteiger partial charge in [0.25, 0.3) is 0 Å². The molecule has 0 amide bonds. The van der Waals surface area contributed by atoms with Gasteiger partial charge >= 0.3 is 0 Å². The maximum atomic E-state index is 5.95. The first-order valence-electron chi connectivity index (χ1n) is 6.36. The summed E-state index contributed by atoms with van der Waals surface area (Å²) in [5.41, 5.74) is 3.34. The largest absolute Gasteiger partial charge is 0.260 e. The van der Waals surface area contributed by atoms with Gasteiger partial charge in [0.05, 0.1) is 17.3 Å². The van der Waals surface area contributed by atoms with E-state index >= 15 is 0 Å². The molecule has 20 heavy (non-hydrogen) atoms. The topological polar surface area (TPSA) is 25.8 Å². The molecule has 2 heterocycles. The molecule has 0 spiro atoms. The van der Waals surface area contributed by atoms with E-state index in [1.54, 1.807) is 0 Å². The molecule has 2 aromatic heterocycles. The van der Waals surface area contributed by atoms with Crippen molar-refractivity contribution in [2.75, 3.05) is 0 Å². The summed E-state index contributed by atoms with van der Waals surface area (Å²) in [4.78, 5) is 10.0. The Morgan fingerprint density at radius 1 is 1.20 bits per heavy atom. The average molecular weight is 329 g/mol. The number of halogens is 2. The van der Waals surface area contributed by atoms with Crippen LogP contribution in [0.1, 0.15) is 36.0 Å². The van der Waals surface area contributed by atoms with Gasteiger partial charge in [0.15, 0.2) is 0 Å². The minimum atomic E-state index is 0. The van der Waals surface area contributed by atoms with E-state index in [9.17, 15) is 0 Å². The fraction of sp³-hybridized carbons (Fsp3) is 0.333. The van der Waals surface area contributed by atoms with Gasteiger partial charge in [-0.1, -0.05) is 13.0 Å². The van der Waals surface area contributed by atoms with E-state index < -0.39 is 0 Å². The van der Waals surface area contributed by atoms with Crippen molar-refractivity contribution in [2.24, 2.45) is 0 Å². The van der Waals surface area contributed by atoms with Crippen LogP contribution in [0.15, 0.2) is 41.6 Å². The highest BCUT2D eigenvalue weighted by Crippen LogP contribution is 2.36. The third-order valence-electron chi connectivity index (χ3n) is 2.99. The molecule has 0 saturated carbocycles. The second-order valence-electron chi connectivity index (χ2n) is 4.24. The molecule has 0 fully saturated rings. The molecular weight excluding hydrogens is 311 g/mol.